The van der Waals surface area contributed by atoms with Crippen LogP contribution in [0.5, 0.6) is 0 Å². The molecule has 198 valence electrons. The Morgan fingerprint density at radius 1 is 1.06 bits per heavy atom. The van der Waals surface area contributed by atoms with Crippen molar-refractivity contribution in [2.45, 2.75) is 54.1 Å². The predicted molar refractivity (Wildman–Crippen MR) is 123 cm³/mol. The number of hydrogen-bond acceptors (Lipinski definition) is 11. The van der Waals surface area contributed by atoms with Gasteiger partial charge in [-0.3, -0.25) is 0 Å². The van der Waals surface area contributed by atoms with Gasteiger partial charge in [0, 0.05) is 12.0 Å². The molecule has 0 aromatic heterocycles. The second-order valence-corrected chi connectivity index (χ2v) is 9.48. The quantitative estimate of drug-likeness (QED) is 0.143. The molecule has 12 heteroatoms. The minimum atomic E-state index is -2.02. The monoisotopic (exact) mass is 528 g/mol. The summed E-state index contributed by atoms with van der Waals surface area (Å²) in [5.74, 6) is -2.62. The standard InChI is InChI=1S/C24H29ClO11/c25-21-17(28)13-8-9-33-22(36-23-20(31)19(30)18(29)14(10-26)35-23)16(13)24(21,32)11-34-15(27)7-6-12-4-2-1-3-5-12/h1-9,13-14,16-23,26,28-32H,10-11H2/b7-6+/t13-,14+,16+,17-,18+,19-,20+,21-,22-,23-,24-/m0/s1. The number of ether oxygens (including phenoxy) is 4. The molecule has 1 saturated carbocycles. The number of benzene rings is 1. The smallest absolute Gasteiger partial charge is 0.330 e. The highest BCUT2D eigenvalue weighted by Gasteiger charge is 2.64. The molecule has 2 heterocycles. The third kappa shape index (κ3) is 5.17. The van der Waals surface area contributed by atoms with Gasteiger partial charge in [-0.25, -0.2) is 4.79 Å². The van der Waals surface area contributed by atoms with Gasteiger partial charge in [0.25, 0.3) is 0 Å². The molecule has 0 spiro atoms. The first kappa shape index (κ1) is 27.0. The van der Waals surface area contributed by atoms with Gasteiger partial charge in [0.15, 0.2) is 6.29 Å². The maximum atomic E-state index is 12.3. The molecule has 3 aliphatic rings. The molecule has 1 aromatic carbocycles. The number of alkyl halides is 1. The summed E-state index contributed by atoms with van der Waals surface area (Å²) in [6.07, 6.45) is -5.01. The fraction of sp³-hybridized carbons (Fsp3) is 0.542. The lowest BCUT2D eigenvalue weighted by molar-refractivity contribution is -0.347. The third-order valence-electron chi connectivity index (χ3n) is 6.74. The van der Waals surface area contributed by atoms with Crippen LogP contribution in [0.4, 0.5) is 0 Å². The van der Waals surface area contributed by atoms with Crippen LogP contribution in [0.25, 0.3) is 6.08 Å². The van der Waals surface area contributed by atoms with Crippen molar-refractivity contribution in [1.82, 2.24) is 0 Å². The molecule has 36 heavy (non-hydrogen) atoms. The molecule has 1 aromatic rings. The van der Waals surface area contributed by atoms with E-state index in [0.717, 1.165) is 5.56 Å². The van der Waals surface area contributed by atoms with E-state index in [1.165, 1.54) is 24.5 Å². The van der Waals surface area contributed by atoms with Crippen LogP contribution in [0, 0.1) is 11.8 Å². The molecule has 6 N–H and O–H groups in total. The van der Waals surface area contributed by atoms with Crippen molar-refractivity contribution in [3.63, 3.8) is 0 Å². The Balaban J connectivity index is 1.49. The molecule has 0 amide bonds. The lowest BCUT2D eigenvalue weighted by Gasteiger charge is -2.44. The molecule has 0 unspecified atom stereocenters. The molecular formula is C24H29ClO11. The van der Waals surface area contributed by atoms with E-state index in [1.807, 2.05) is 6.07 Å². The molecular weight excluding hydrogens is 500 g/mol. The molecule has 1 aliphatic carbocycles. The molecule has 4 rings (SSSR count). The number of fused-ring (bicyclic) bond motifs is 1. The maximum absolute atomic E-state index is 12.3. The van der Waals surface area contributed by atoms with Crippen molar-refractivity contribution in [2.24, 2.45) is 11.8 Å². The van der Waals surface area contributed by atoms with Crippen molar-refractivity contribution < 1.29 is 54.4 Å². The molecule has 2 aliphatic heterocycles. The van der Waals surface area contributed by atoms with Crippen LogP contribution in [-0.4, -0.2) is 104 Å². The van der Waals surface area contributed by atoms with Crippen LogP contribution in [-0.2, 0) is 23.7 Å². The van der Waals surface area contributed by atoms with E-state index >= 15 is 0 Å². The van der Waals surface area contributed by atoms with Crippen LogP contribution >= 0.6 is 11.6 Å². The molecule has 1 saturated heterocycles. The van der Waals surface area contributed by atoms with Crippen LogP contribution in [0.15, 0.2) is 48.7 Å². The van der Waals surface area contributed by atoms with Gasteiger partial charge in [-0.05, 0) is 17.7 Å². The van der Waals surface area contributed by atoms with Crippen LogP contribution in [0.3, 0.4) is 0 Å². The number of aliphatic hydroxyl groups excluding tert-OH is 5. The summed E-state index contributed by atoms with van der Waals surface area (Å²) in [5, 5.41) is 60.7. The predicted octanol–water partition coefficient (Wildman–Crippen LogP) is -1.13. The zero-order chi connectivity index (χ0) is 26.0. The van der Waals surface area contributed by atoms with Crippen molar-refractivity contribution in [2.75, 3.05) is 13.2 Å². The fourth-order valence-corrected chi connectivity index (χ4v) is 5.11. The zero-order valence-corrected chi connectivity index (χ0v) is 19.7. The normalized spacial score (nSPS) is 42.2. The van der Waals surface area contributed by atoms with Gasteiger partial charge in [0.1, 0.15) is 36.6 Å². The molecule has 2 fully saturated rings. The number of aliphatic hydroxyl groups is 6. The maximum Gasteiger partial charge on any atom is 0.330 e. The van der Waals surface area contributed by atoms with Gasteiger partial charge in [-0.1, -0.05) is 30.3 Å². The number of carbonyl (C=O) groups excluding carboxylic acids is 1. The van der Waals surface area contributed by atoms with Gasteiger partial charge >= 0.3 is 5.97 Å². The molecule has 0 bridgehead atoms. The summed E-state index contributed by atoms with van der Waals surface area (Å²) in [6.45, 7) is -1.27. The Bertz CT molecular complexity index is 957. The van der Waals surface area contributed by atoms with Crippen LogP contribution < -0.4 is 0 Å². The summed E-state index contributed by atoms with van der Waals surface area (Å²) < 4.78 is 21.8. The van der Waals surface area contributed by atoms with Gasteiger partial charge in [0.2, 0.25) is 6.29 Å². The van der Waals surface area contributed by atoms with E-state index in [-0.39, 0.29) is 0 Å². The summed E-state index contributed by atoms with van der Waals surface area (Å²) in [5.41, 5.74) is -1.26. The van der Waals surface area contributed by atoms with Crippen molar-refractivity contribution in [1.29, 1.82) is 0 Å². The highest BCUT2D eigenvalue weighted by atomic mass is 35.5. The number of rotatable bonds is 7. The number of halogens is 1. The molecule has 11 atom stereocenters. The van der Waals surface area contributed by atoms with E-state index in [0.29, 0.717) is 0 Å². The highest BCUT2D eigenvalue weighted by molar-refractivity contribution is 6.22. The first-order chi connectivity index (χ1) is 17.2. The second-order valence-electron chi connectivity index (χ2n) is 9.00. The average molecular weight is 529 g/mol. The summed E-state index contributed by atoms with van der Waals surface area (Å²) in [4.78, 5) is 12.3. The Morgan fingerprint density at radius 3 is 2.47 bits per heavy atom. The Hall–Kier alpha value is -2.06. The number of esters is 1. The highest BCUT2D eigenvalue weighted by Crippen LogP contribution is 2.49. The van der Waals surface area contributed by atoms with Crippen molar-refractivity contribution in [3.05, 3.63) is 54.3 Å². The number of carbonyl (C=O) groups is 1. The topological polar surface area (TPSA) is 175 Å². The van der Waals surface area contributed by atoms with E-state index in [9.17, 15) is 35.4 Å². The lowest BCUT2D eigenvalue weighted by Crippen LogP contribution is -2.61. The Kier molecular flexibility index (Phi) is 8.35. The molecule has 0 radical (unpaired) electrons. The summed E-state index contributed by atoms with van der Waals surface area (Å²) >= 11 is 6.38. The largest absolute Gasteiger partial charge is 0.472 e. The van der Waals surface area contributed by atoms with E-state index in [1.54, 1.807) is 24.3 Å². The minimum absolute atomic E-state index is 0.608. The van der Waals surface area contributed by atoms with E-state index in [2.05, 4.69) is 0 Å². The lowest BCUT2D eigenvalue weighted by atomic mass is 9.84. The Labute approximate surface area is 211 Å². The second kappa shape index (κ2) is 11.1. The SMILES string of the molecule is O=C(/C=C/c1ccccc1)OC[C@]1(O)[C@H]2[C@H](O[C@@H]3O[C@H](CO)[C@@H](O)[C@H](O)[C@H]3O)OC=C[C@@H]2[C@H](O)[C@@H]1Cl. The zero-order valence-electron chi connectivity index (χ0n) is 19.0. The summed E-state index contributed by atoms with van der Waals surface area (Å²) in [6, 6.07) is 9.01. The van der Waals surface area contributed by atoms with E-state index in [4.69, 9.17) is 30.5 Å². The van der Waals surface area contributed by atoms with Crippen LogP contribution in [0.2, 0.25) is 0 Å². The van der Waals surface area contributed by atoms with Crippen molar-refractivity contribution in [3.8, 4) is 0 Å². The van der Waals surface area contributed by atoms with Gasteiger partial charge in [-0.15, -0.1) is 11.6 Å². The summed E-state index contributed by atoms with van der Waals surface area (Å²) in [7, 11) is 0. The Morgan fingerprint density at radius 2 is 1.78 bits per heavy atom. The number of hydrogen-bond donors (Lipinski definition) is 6. The van der Waals surface area contributed by atoms with Gasteiger partial charge < -0.3 is 49.6 Å². The first-order valence-electron chi connectivity index (χ1n) is 11.4. The van der Waals surface area contributed by atoms with Gasteiger partial charge in [0.05, 0.1) is 30.3 Å². The average Bonchev–Trinajstić information content (AvgIpc) is 3.09. The third-order valence-corrected chi connectivity index (χ3v) is 7.38. The van der Waals surface area contributed by atoms with Crippen molar-refractivity contribution >= 4 is 23.6 Å². The fourth-order valence-electron chi connectivity index (χ4n) is 4.74. The minimum Gasteiger partial charge on any atom is -0.472 e. The first-order valence-corrected chi connectivity index (χ1v) is 11.8. The van der Waals surface area contributed by atoms with Gasteiger partial charge in [-0.2, -0.15) is 0 Å². The van der Waals surface area contributed by atoms with E-state index < -0.39 is 85.1 Å². The van der Waals surface area contributed by atoms with Crippen LogP contribution in [0.1, 0.15) is 5.56 Å². The molecule has 11 nitrogen and oxygen atoms in total.